The highest BCUT2D eigenvalue weighted by molar-refractivity contribution is 5.89. The number of allylic oxidation sites excluding steroid dienone is 1. The molecule has 1 aliphatic rings. The van der Waals surface area contributed by atoms with Gasteiger partial charge in [0.25, 0.3) is 0 Å². The molecule has 2 bridgehead atoms. The second-order valence-electron chi connectivity index (χ2n) is 6.77. The van der Waals surface area contributed by atoms with E-state index in [2.05, 4.69) is 15.4 Å². The number of rotatable bonds is 3. The number of ether oxygens (including phenoxy) is 1. The minimum Gasteiger partial charge on any atom is -0.485 e. The molecule has 1 aliphatic heterocycles. The van der Waals surface area contributed by atoms with Crippen molar-refractivity contribution in [2.75, 3.05) is 12.3 Å². The number of nitrogens with zero attached hydrogens (tertiary/aromatic N) is 3. The molecule has 2 aromatic heterocycles. The van der Waals surface area contributed by atoms with E-state index in [9.17, 15) is 8.78 Å². The maximum absolute atomic E-state index is 14.7. The van der Waals surface area contributed by atoms with Gasteiger partial charge in [0.2, 0.25) is 0 Å². The van der Waals surface area contributed by atoms with Crippen LogP contribution < -0.4 is 15.8 Å². The van der Waals surface area contributed by atoms with E-state index in [1.54, 1.807) is 12.3 Å². The van der Waals surface area contributed by atoms with E-state index in [0.717, 1.165) is 6.20 Å². The van der Waals surface area contributed by atoms with Gasteiger partial charge in [0.15, 0.2) is 17.4 Å². The first-order valence-corrected chi connectivity index (χ1v) is 9.39. The van der Waals surface area contributed by atoms with Crippen molar-refractivity contribution in [1.82, 2.24) is 20.1 Å². The Balaban J connectivity index is 2.00. The molecule has 0 atom stereocenters. The Morgan fingerprint density at radius 3 is 2.90 bits per heavy atom. The molecule has 7 nitrogen and oxygen atoms in total. The summed E-state index contributed by atoms with van der Waals surface area (Å²) >= 11 is 0. The quantitative estimate of drug-likeness (QED) is 0.576. The summed E-state index contributed by atoms with van der Waals surface area (Å²) in [5.74, 6) is -0.454. The number of anilines is 1. The lowest BCUT2D eigenvalue weighted by molar-refractivity contribution is 0.305. The fourth-order valence-electron chi connectivity index (χ4n) is 3.43. The summed E-state index contributed by atoms with van der Waals surface area (Å²) in [6.45, 7) is 2.49. The van der Waals surface area contributed by atoms with Gasteiger partial charge in [-0.15, -0.1) is 0 Å². The zero-order valence-electron chi connectivity index (χ0n) is 16.2. The number of benzene rings is 1. The molecule has 9 heteroatoms. The van der Waals surface area contributed by atoms with Crippen LogP contribution >= 0.6 is 0 Å². The van der Waals surface area contributed by atoms with Crippen LogP contribution in [0.5, 0.6) is 5.75 Å². The van der Waals surface area contributed by atoms with Gasteiger partial charge in [-0.3, -0.25) is 0 Å². The third-order valence-electron chi connectivity index (χ3n) is 4.85. The number of halogens is 2. The van der Waals surface area contributed by atoms with E-state index in [4.69, 9.17) is 15.9 Å². The standard InChI is InChI=1S/C21H20F2N6O/c1-2-26-20-12(8-24)6-18-16(23)10-28-29(18)17-4-3-15(22)5-14(17)11-30-19-7-13(20)9-27-21(19)25/h3-5,7-10,24,26H,2,6,11H2,1H3,(H2,25,27)/b20-12-,24-8?. The molecule has 0 radical (unpaired) electrons. The van der Waals surface area contributed by atoms with Crippen LogP contribution in [0.25, 0.3) is 11.4 Å². The first-order chi connectivity index (χ1) is 14.5. The minimum absolute atomic E-state index is 0.0129. The smallest absolute Gasteiger partial charge is 0.166 e. The Labute approximate surface area is 171 Å². The van der Waals surface area contributed by atoms with Gasteiger partial charge in [-0.2, -0.15) is 5.10 Å². The van der Waals surface area contributed by atoms with E-state index in [1.165, 1.54) is 29.1 Å². The second-order valence-corrected chi connectivity index (χ2v) is 6.77. The van der Waals surface area contributed by atoms with E-state index in [0.29, 0.717) is 40.4 Å². The van der Waals surface area contributed by atoms with Crippen LogP contribution in [0, 0.1) is 17.0 Å². The molecule has 30 heavy (non-hydrogen) atoms. The van der Waals surface area contributed by atoms with Crippen molar-refractivity contribution in [2.24, 2.45) is 0 Å². The zero-order valence-corrected chi connectivity index (χ0v) is 16.2. The predicted molar refractivity (Wildman–Crippen MR) is 110 cm³/mol. The van der Waals surface area contributed by atoms with Crippen LogP contribution in [-0.4, -0.2) is 27.5 Å². The Morgan fingerprint density at radius 2 is 2.13 bits per heavy atom. The topological polar surface area (TPSA) is 102 Å². The Morgan fingerprint density at radius 1 is 1.30 bits per heavy atom. The van der Waals surface area contributed by atoms with Crippen LogP contribution in [0.2, 0.25) is 0 Å². The summed E-state index contributed by atoms with van der Waals surface area (Å²) in [5, 5.41) is 15.3. The molecular weight excluding hydrogens is 390 g/mol. The molecule has 0 aliphatic carbocycles. The average Bonchev–Trinajstić information content (AvgIpc) is 3.09. The van der Waals surface area contributed by atoms with Gasteiger partial charge in [0.1, 0.15) is 12.4 Å². The molecule has 4 N–H and O–H groups in total. The Hall–Kier alpha value is -3.75. The first kappa shape index (κ1) is 19.6. The fraction of sp³-hybridized carbons (Fsp3) is 0.190. The van der Waals surface area contributed by atoms with E-state index < -0.39 is 11.6 Å². The number of hydrogen-bond acceptors (Lipinski definition) is 6. The molecular formula is C21H20F2N6O. The summed E-state index contributed by atoms with van der Waals surface area (Å²) in [4.78, 5) is 4.19. The molecule has 0 saturated carbocycles. The van der Waals surface area contributed by atoms with Gasteiger partial charge in [-0.05, 0) is 36.8 Å². The van der Waals surface area contributed by atoms with Crippen molar-refractivity contribution < 1.29 is 13.5 Å². The van der Waals surface area contributed by atoms with Crippen LogP contribution in [0.4, 0.5) is 14.6 Å². The molecule has 154 valence electrons. The highest BCUT2D eigenvalue weighted by atomic mass is 19.1. The third kappa shape index (κ3) is 3.49. The van der Waals surface area contributed by atoms with Crippen molar-refractivity contribution in [3.8, 4) is 11.4 Å². The van der Waals surface area contributed by atoms with Crippen LogP contribution in [0.3, 0.4) is 0 Å². The number of fused-ring (bicyclic) bond motifs is 5. The summed E-state index contributed by atoms with van der Waals surface area (Å²) in [6, 6.07) is 5.82. The highest BCUT2D eigenvalue weighted by Crippen LogP contribution is 2.29. The van der Waals surface area contributed by atoms with Crippen molar-refractivity contribution in [3.63, 3.8) is 0 Å². The monoisotopic (exact) mass is 410 g/mol. The minimum atomic E-state index is -0.519. The van der Waals surface area contributed by atoms with Crippen molar-refractivity contribution in [3.05, 3.63) is 70.7 Å². The van der Waals surface area contributed by atoms with Crippen molar-refractivity contribution >= 4 is 17.7 Å². The van der Waals surface area contributed by atoms with Crippen molar-refractivity contribution in [2.45, 2.75) is 20.0 Å². The summed E-state index contributed by atoms with van der Waals surface area (Å²) < 4.78 is 35.9. The molecule has 0 unspecified atom stereocenters. The SMILES string of the molecule is CCN/C1=C(\C=N)Cc2c(F)cnn2-c2ccc(F)cc2COc2cc1cnc2N. The molecule has 0 saturated heterocycles. The zero-order chi connectivity index (χ0) is 21.3. The van der Waals surface area contributed by atoms with Gasteiger partial charge < -0.3 is 21.2 Å². The Kier molecular flexibility index (Phi) is 5.18. The maximum Gasteiger partial charge on any atom is 0.166 e. The van der Waals surface area contributed by atoms with Gasteiger partial charge in [0, 0.05) is 42.2 Å². The molecule has 1 aromatic carbocycles. The molecule has 3 aromatic rings. The number of nitrogens with one attached hydrogen (secondary N) is 2. The lowest BCUT2D eigenvalue weighted by atomic mass is 10.0. The predicted octanol–water partition coefficient (Wildman–Crippen LogP) is 3.23. The number of hydrogen-bond donors (Lipinski definition) is 3. The normalized spacial score (nSPS) is 15.8. The molecule has 0 fully saturated rings. The summed E-state index contributed by atoms with van der Waals surface area (Å²) in [7, 11) is 0. The highest BCUT2D eigenvalue weighted by Gasteiger charge is 2.21. The molecule has 0 spiro atoms. The average molecular weight is 410 g/mol. The van der Waals surface area contributed by atoms with E-state index in [-0.39, 0.29) is 24.5 Å². The van der Waals surface area contributed by atoms with Gasteiger partial charge in [-0.1, -0.05) is 0 Å². The first-order valence-electron chi connectivity index (χ1n) is 9.39. The number of aromatic nitrogens is 3. The Bertz CT molecular complexity index is 1150. The maximum atomic E-state index is 14.7. The van der Waals surface area contributed by atoms with E-state index in [1.807, 2.05) is 6.92 Å². The number of nitrogen functional groups attached to an aromatic ring is 1. The lowest BCUT2D eigenvalue weighted by Crippen LogP contribution is -2.18. The fourth-order valence-corrected chi connectivity index (χ4v) is 3.43. The van der Waals surface area contributed by atoms with Crippen LogP contribution in [0.1, 0.15) is 23.7 Å². The molecule has 4 rings (SSSR count). The van der Waals surface area contributed by atoms with Crippen LogP contribution in [0.15, 0.2) is 42.2 Å². The van der Waals surface area contributed by atoms with E-state index >= 15 is 0 Å². The van der Waals surface area contributed by atoms with Gasteiger partial charge in [0.05, 0.1) is 17.6 Å². The number of nitrogens with two attached hydrogens (primary N) is 1. The largest absolute Gasteiger partial charge is 0.485 e. The van der Waals surface area contributed by atoms with Crippen molar-refractivity contribution in [1.29, 1.82) is 5.41 Å². The molecule has 0 amide bonds. The summed E-state index contributed by atoms with van der Waals surface area (Å²) in [6.07, 6.45) is 3.94. The molecule has 3 heterocycles. The lowest BCUT2D eigenvalue weighted by Gasteiger charge is -2.19. The van der Waals surface area contributed by atoms with Gasteiger partial charge in [-0.25, -0.2) is 18.4 Å². The van der Waals surface area contributed by atoms with Gasteiger partial charge >= 0.3 is 0 Å². The number of pyridine rings is 1. The summed E-state index contributed by atoms with van der Waals surface area (Å²) in [5.41, 5.74) is 8.97. The second kappa shape index (κ2) is 7.94. The van der Waals surface area contributed by atoms with Crippen LogP contribution in [-0.2, 0) is 13.0 Å². The third-order valence-corrected chi connectivity index (χ3v) is 4.85.